The van der Waals surface area contributed by atoms with Gasteiger partial charge < -0.3 is 30.3 Å². The standard InChI is InChI=1S/C9H18O6/c1-3(2)4(10)8-6(12)5(11)7(13)9(14)15-8/h3-14H,1-2H3/t4-,5-,6-,7-,8+,9-/m0/s1. The van der Waals surface area contributed by atoms with E-state index in [1.807, 2.05) is 0 Å². The Morgan fingerprint density at radius 3 is 1.93 bits per heavy atom. The third-order valence-electron chi connectivity index (χ3n) is 2.64. The van der Waals surface area contributed by atoms with Gasteiger partial charge >= 0.3 is 0 Å². The van der Waals surface area contributed by atoms with E-state index in [2.05, 4.69) is 0 Å². The van der Waals surface area contributed by atoms with E-state index in [1.165, 1.54) is 0 Å². The van der Waals surface area contributed by atoms with Crippen molar-refractivity contribution >= 4 is 0 Å². The van der Waals surface area contributed by atoms with Gasteiger partial charge in [0.15, 0.2) is 6.29 Å². The van der Waals surface area contributed by atoms with E-state index in [4.69, 9.17) is 4.74 Å². The number of aliphatic hydroxyl groups is 5. The molecule has 15 heavy (non-hydrogen) atoms. The molecule has 0 aliphatic carbocycles. The lowest BCUT2D eigenvalue weighted by Gasteiger charge is -2.41. The molecule has 0 saturated carbocycles. The topological polar surface area (TPSA) is 110 Å². The fourth-order valence-electron chi connectivity index (χ4n) is 1.55. The predicted octanol–water partition coefficient (Wildman–Crippen LogP) is -2.20. The van der Waals surface area contributed by atoms with Gasteiger partial charge in [-0.05, 0) is 5.92 Å². The molecule has 1 aliphatic heterocycles. The van der Waals surface area contributed by atoms with Crippen molar-refractivity contribution in [3.05, 3.63) is 0 Å². The fourth-order valence-corrected chi connectivity index (χ4v) is 1.55. The van der Waals surface area contributed by atoms with Crippen molar-refractivity contribution in [3.63, 3.8) is 0 Å². The van der Waals surface area contributed by atoms with Crippen molar-refractivity contribution in [2.75, 3.05) is 0 Å². The fraction of sp³-hybridized carbons (Fsp3) is 1.00. The molecule has 6 nitrogen and oxygen atoms in total. The summed E-state index contributed by atoms with van der Waals surface area (Å²) in [6, 6.07) is 0. The molecule has 0 aromatic carbocycles. The van der Waals surface area contributed by atoms with E-state index < -0.39 is 36.8 Å². The van der Waals surface area contributed by atoms with E-state index in [0.29, 0.717) is 0 Å². The largest absolute Gasteiger partial charge is 0.390 e. The summed E-state index contributed by atoms with van der Waals surface area (Å²) in [5, 5.41) is 47.0. The highest BCUT2D eigenvalue weighted by Gasteiger charge is 2.46. The molecule has 90 valence electrons. The zero-order valence-electron chi connectivity index (χ0n) is 8.69. The second kappa shape index (κ2) is 4.73. The summed E-state index contributed by atoms with van der Waals surface area (Å²) in [6.45, 7) is 3.43. The molecule has 0 radical (unpaired) electrons. The molecule has 0 aromatic heterocycles. The van der Waals surface area contributed by atoms with Crippen molar-refractivity contribution in [2.24, 2.45) is 5.92 Å². The van der Waals surface area contributed by atoms with Gasteiger partial charge in [-0.25, -0.2) is 0 Å². The third-order valence-corrected chi connectivity index (χ3v) is 2.64. The maximum atomic E-state index is 9.65. The number of ether oxygens (including phenoxy) is 1. The van der Waals surface area contributed by atoms with E-state index in [1.54, 1.807) is 13.8 Å². The molecular weight excluding hydrogens is 204 g/mol. The summed E-state index contributed by atoms with van der Waals surface area (Å²) < 4.78 is 4.85. The molecule has 6 heteroatoms. The lowest BCUT2D eigenvalue weighted by Crippen LogP contribution is -2.61. The average molecular weight is 222 g/mol. The van der Waals surface area contributed by atoms with Crippen LogP contribution in [0.1, 0.15) is 13.8 Å². The Hall–Kier alpha value is -0.240. The van der Waals surface area contributed by atoms with Crippen LogP contribution in [0.2, 0.25) is 0 Å². The lowest BCUT2D eigenvalue weighted by molar-refractivity contribution is -0.299. The first kappa shape index (κ1) is 12.8. The third kappa shape index (κ3) is 2.47. The molecule has 0 unspecified atom stereocenters. The Morgan fingerprint density at radius 2 is 1.47 bits per heavy atom. The van der Waals surface area contributed by atoms with Gasteiger partial charge in [0.05, 0.1) is 6.10 Å². The van der Waals surface area contributed by atoms with Gasteiger partial charge in [0.2, 0.25) is 0 Å². The van der Waals surface area contributed by atoms with E-state index >= 15 is 0 Å². The minimum Gasteiger partial charge on any atom is -0.390 e. The molecule has 1 fully saturated rings. The van der Waals surface area contributed by atoms with Crippen LogP contribution in [0, 0.1) is 5.92 Å². The Balaban J connectivity index is 2.74. The molecule has 1 aliphatic rings. The van der Waals surface area contributed by atoms with Gasteiger partial charge in [-0.3, -0.25) is 0 Å². The van der Waals surface area contributed by atoms with Gasteiger partial charge in [0.25, 0.3) is 0 Å². The molecule has 0 amide bonds. The number of rotatable bonds is 2. The van der Waals surface area contributed by atoms with Crippen molar-refractivity contribution in [1.82, 2.24) is 0 Å². The molecule has 0 spiro atoms. The molecule has 6 atom stereocenters. The highest BCUT2D eigenvalue weighted by Crippen LogP contribution is 2.24. The van der Waals surface area contributed by atoms with Crippen molar-refractivity contribution in [3.8, 4) is 0 Å². The zero-order valence-corrected chi connectivity index (χ0v) is 8.69. The van der Waals surface area contributed by atoms with E-state index in [-0.39, 0.29) is 5.92 Å². The SMILES string of the molecule is CC(C)[C@H](O)[C@H]1O[C@H](O)[C@@H](O)[C@@H](O)[C@@H]1O. The summed E-state index contributed by atoms with van der Waals surface area (Å²) in [5.41, 5.74) is 0. The van der Waals surface area contributed by atoms with Gasteiger partial charge in [-0.1, -0.05) is 13.8 Å². The second-order valence-corrected chi connectivity index (χ2v) is 4.20. The zero-order chi connectivity index (χ0) is 11.7. The number of hydrogen-bond donors (Lipinski definition) is 5. The first-order chi connectivity index (χ1) is 6.86. The summed E-state index contributed by atoms with van der Waals surface area (Å²) in [7, 11) is 0. The minimum absolute atomic E-state index is 0.195. The maximum Gasteiger partial charge on any atom is 0.184 e. The van der Waals surface area contributed by atoms with Crippen LogP contribution in [0.4, 0.5) is 0 Å². The van der Waals surface area contributed by atoms with Gasteiger partial charge in [-0.2, -0.15) is 0 Å². The summed E-state index contributed by atoms with van der Waals surface area (Å²) in [4.78, 5) is 0. The Morgan fingerprint density at radius 1 is 0.933 bits per heavy atom. The maximum absolute atomic E-state index is 9.65. The first-order valence-corrected chi connectivity index (χ1v) is 4.92. The summed E-state index contributed by atoms with van der Waals surface area (Å²) >= 11 is 0. The molecule has 5 N–H and O–H groups in total. The van der Waals surface area contributed by atoms with Crippen LogP contribution < -0.4 is 0 Å². The second-order valence-electron chi connectivity index (χ2n) is 4.20. The van der Waals surface area contributed by atoms with E-state index in [9.17, 15) is 25.5 Å². The molecule has 0 bridgehead atoms. The number of aliphatic hydroxyl groups excluding tert-OH is 5. The summed E-state index contributed by atoms with van der Waals surface area (Å²) in [6.07, 6.45) is -8.21. The first-order valence-electron chi connectivity index (χ1n) is 4.92. The molecule has 1 heterocycles. The smallest absolute Gasteiger partial charge is 0.184 e. The molecule has 1 saturated heterocycles. The van der Waals surface area contributed by atoms with Gasteiger partial charge in [-0.15, -0.1) is 0 Å². The quantitative estimate of drug-likeness (QED) is 0.363. The average Bonchev–Trinajstić information content (AvgIpc) is 2.19. The van der Waals surface area contributed by atoms with Crippen LogP contribution in [-0.2, 0) is 4.74 Å². The highest BCUT2D eigenvalue weighted by atomic mass is 16.6. The monoisotopic (exact) mass is 222 g/mol. The van der Waals surface area contributed by atoms with E-state index in [0.717, 1.165) is 0 Å². The molecule has 1 rings (SSSR count). The Labute approximate surface area is 87.7 Å². The van der Waals surface area contributed by atoms with Crippen molar-refractivity contribution in [1.29, 1.82) is 0 Å². The van der Waals surface area contributed by atoms with Crippen LogP contribution in [0.3, 0.4) is 0 Å². The van der Waals surface area contributed by atoms with Crippen LogP contribution in [-0.4, -0.2) is 62.3 Å². The minimum atomic E-state index is -1.60. The highest BCUT2D eigenvalue weighted by molar-refractivity contribution is 4.92. The summed E-state index contributed by atoms with van der Waals surface area (Å²) in [5.74, 6) is -0.195. The molecule has 0 aromatic rings. The Kier molecular flexibility index (Phi) is 4.05. The predicted molar refractivity (Wildman–Crippen MR) is 49.7 cm³/mol. The van der Waals surface area contributed by atoms with Gasteiger partial charge in [0, 0.05) is 0 Å². The molecular formula is C9H18O6. The number of hydrogen-bond acceptors (Lipinski definition) is 6. The van der Waals surface area contributed by atoms with Crippen LogP contribution in [0.25, 0.3) is 0 Å². The van der Waals surface area contributed by atoms with Crippen LogP contribution >= 0.6 is 0 Å². The van der Waals surface area contributed by atoms with Gasteiger partial charge in [0.1, 0.15) is 24.4 Å². The van der Waals surface area contributed by atoms with Crippen molar-refractivity contribution < 1.29 is 30.3 Å². The normalized spacial score (nSPS) is 44.4. The lowest BCUT2D eigenvalue weighted by atomic mass is 9.91. The van der Waals surface area contributed by atoms with Crippen molar-refractivity contribution in [2.45, 2.75) is 50.7 Å². The van der Waals surface area contributed by atoms with Crippen LogP contribution in [0.5, 0.6) is 0 Å². The Bertz CT molecular complexity index is 209. The van der Waals surface area contributed by atoms with Crippen LogP contribution in [0.15, 0.2) is 0 Å².